The summed E-state index contributed by atoms with van der Waals surface area (Å²) in [6.45, 7) is 4.18. The van der Waals surface area contributed by atoms with Gasteiger partial charge in [0, 0.05) is 5.75 Å². The molecule has 1 heterocycles. The fraction of sp³-hybridized carbons (Fsp3) is 0.462. The van der Waals surface area contributed by atoms with Crippen LogP contribution in [0.5, 0.6) is 0 Å². The lowest BCUT2D eigenvalue weighted by Crippen LogP contribution is -2.05. The molecule has 2 aromatic rings. The highest BCUT2D eigenvalue weighted by atomic mass is 32.2. The predicted octanol–water partition coefficient (Wildman–Crippen LogP) is 2.98. The van der Waals surface area contributed by atoms with Gasteiger partial charge < -0.3 is 0 Å². The zero-order valence-electron chi connectivity index (χ0n) is 10.8. The second-order valence-electron chi connectivity index (χ2n) is 4.44. The first kappa shape index (κ1) is 13.1. The summed E-state index contributed by atoms with van der Waals surface area (Å²) in [5.74, 6) is 1.04. The van der Waals surface area contributed by atoms with Gasteiger partial charge in [-0.1, -0.05) is 42.1 Å². The van der Waals surface area contributed by atoms with Crippen LogP contribution in [0.1, 0.15) is 31.9 Å². The number of hydrogen-bond acceptors (Lipinski definition) is 4. The molecule has 0 N–H and O–H groups in total. The lowest BCUT2D eigenvalue weighted by atomic mass is 10.1. The number of aromatic nitrogens is 4. The van der Waals surface area contributed by atoms with Gasteiger partial charge >= 0.3 is 0 Å². The van der Waals surface area contributed by atoms with E-state index in [0.717, 1.165) is 23.8 Å². The number of thioether (sulfide) groups is 1. The Labute approximate surface area is 112 Å². The third-order valence-corrected chi connectivity index (χ3v) is 3.66. The van der Waals surface area contributed by atoms with E-state index in [4.69, 9.17) is 0 Å². The van der Waals surface area contributed by atoms with Crippen LogP contribution in [-0.4, -0.2) is 26.0 Å². The minimum absolute atomic E-state index is 0.316. The minimum Gasteiger partial charge on any atom is -0.218 e. The van der Waals surface area contributed by atoms with Gasteiger partial charge in [-0.05, 0) is 42.7 Å². The summed E-state index contributed by atoms with van der Waals surface area (Å²) < 4.78 is 1.87. The number of benzene rings is 1. The van der Waals surface area contributed by atoms with Crippen molar-refractivity contribution in [2.75, 3.05) is 5.75 Å². The molecule has 0 aliphatic rings. The van der Waals surface area contributed by atoms with E-state index in [-0.39, 0.29) is 0 Å². The summed E-state index contributed by atoms with van der Waals surface area (Å²) >= 11 is 1.73. The zero-order valence-corrected chi connectivity index (χ0v) is 11.6. The molecule has 96 valence electrons. The summed E-state index contributed by atoms with van der Waals surface area (Å²) in [5.41, 5.74) is 1.39. The van der Waals surface area contributed by atoms with Crippen molar-refractivity contribution in [3.8, 4) is 0 Å². The van der Waals surface area contributed by atoms with E-state index in [0.29, 0.717) is 6.04 Å². The lowest BCUT2D eigenvalue weighted by molar-refractivity contribution is 0.477. The molecule has 0 aliphatic heterocycles. The Morgan fingerprint density at radius 2 is 2.00 bits per heavy atom. The van der Waals surface area contributed by atoms with Crippen LogP contribution in [0.25, 0.3) is 0 Å². The highest BCUT2D eigenvalue weighted by Gasteiger charge is 2.08. The fourth-order valence-corrected chi connectivity index (χ4v) is 2.63. The summed E-state index contributed by atoms with van der Waals surface area (Å²) in [4.78, 5) is 0. The molecule has 0 fully saturated rings. The smallest absolute Gasteiger partial charge is 0.209 e. The molecule has 1 aromatic heterocycles. The fourth-order valence-electron chi connectivity index (χ4n) is 1.69. The average molecular weight is 262 g/mol. The van der Waals surface area contributed by atoms with E-state index in [9.17, 15) is 0 Å². The second-order valence-corrected chi connectivity index (χ2v) is 5.50. The number of rotatable bonds is 6. The van der Waals surface area contributed by atoms with Crippen molar-refractivity contribution in [2.24, 2.45) is 0 Å². The lowest BCUT2D eigenvalue weighted by Gasteiger charge is -2.06. The molecule has 5 heteroatoms. The first-order chi connectivity index (χ1) is 8.77. The van der Waals surface area contributed by atoms with Gasteiger partial charge in [-0.25, -0.2) is 4.68 Å². The van der Waals surface area contributed by atoms with Crippen LogP contribution in [-0.2, 0) is 6.42 Å². The van der Waals surface area contributed by atoms with Gasteiger partial charge in [0.05, 0.1) is 6.04 Å². The molecule has 0 saturated carbocycles. The van der Waals surface area contributed by atoms with Gasteiger partial charge in [-0.3, -0.25) is 0 Å². The molecule has 0 spiro atoms. The van der Waals surface area contributed by atoms with Crippen LogP contribution in [0.15, 0.2) is 35.5 Å². The Morgan fingerprint density at radius 1 is 1.22 bits per heavy atom. The maximum atomic E-state index is 4.05. The van der Waals surface area contributed by atoms with Crippen molar-refractivity contribution in [3.63, 3.8) is 0 Å². The molecule has 0 unspecified atom stereocenters. The summed E-state index contributed by atoms with van der Waals surface area (Å²) in [7, 11) is 0. The standard InChI is InChI=1S/C13H18N4S/c1-11(2)17-13(14-15-16-17)18-10-6-9-12-7-4-3-5-8-12/h3-5,7-8,11H,6,9-10H2,1-2H3. The van der Waals surface area contributed by atoms with Crippen molar-refractivity contribution in [1.29, 1.82) is 0 Å². The first-order valence-corrected chi connectivity index (χ1v) is 7.20. The number of hydrogen-bond donors (Lipinski definition) is 0. The maximum Gasteiger partial charge on any atom is 0.209 e. The van der Waals surface area contributed by atoms with Crippen molar-refractivity contribution in [3.05, 3.63) is 35.9 Å². The highest BCUT2D eigenvalue weighted by Crippen LogP contribution is 2.18. The van der Waals surface area contributed by atoms with Crippen molar-refractivity contribution in [1.82, 2.24) is 20.2 Å². The molecule has 1 aromatic carbocycles. The van der Waals surface area contributed by atoms with E-state index in [1.165, 1.54) is 5.56 Å². The molecule has 0 bridgehead atoms. The molecule has 4 nitrogen and oxygen atoms in total. The molecule has 0 radical (unpaired) electrons. The summed E-state index contributed by atoms with van der Waals surface area (Å²) in [5, 5.41) is 12.7. The van der Waals surface area contributed by atoms with Crippen molar-refractivity contribution < 1.29 is 0 Å². The van der Waals surface area contributed by atoms with E-state index in [1.807, 2.05) is 4.68 Å². The molecular weight excluding hydrogens is 244 g/mol. The SMILES string of the molecule is CC(C)n1nnnc1SCCCc1ccccc1. The molecule has 18 heavy (non-hydrogen) atoms. The summed E-state index contributed by atoms with van der Waals surface area (Å²) in [6, 6.07) is 10.9. The van der Waals surface area contributed by atoms with E-state index >= 15 is 0 Å². The van der Waals surface area contributed by atoms with Crippen molar-refractivity contribution >= 4 is 11.8 Å². The van der Waals surface area contributed by atoms with E-state index in [2.05, 4.69) is 59.7 Å². The third kappa shape index (κ3) is 3.57. The summed E-state index contributed by atoms with van der Waals surface area (Å²) in [6.07, 6.45) is 2.25. The van der Waals surface area contributed by atoms with Gasteiger partial charge in [-0.15, -0.1) is 5.10 Å². The Hall–Kier alpha value is -1.36. The zero-order chi connectivity index (χ0) is 12.8. The monoisotopic (exact) mass is 262 g/mol. The topological polar surface area (TPSA) is 43.6 Å². The van der Waals surface area contributed by atoms with Crippen LogP contribution in [0, 0.1) is 0 Å². The predicted molar refractivity (Wildman–Crippen MR) is 73.7 cm³/mol. The molecule has 0 saturated heterocycles. The third-order valence-electron chi connectivity index (χ3n) is 2.64. The van der Waals surface area contributed by atoms with Gasteiger partial charge in [0.1, 0.15) is 0 Å². The second kappa shape index (κ2) is 6.54. The average Bonchev–Trinajstić information content (AvgIpc) is 2.84. The number of tetrazole rings is 1. The van der Waals surface area contributed by atoms with Crippen LogP contribution in [0.2, 0.25) is 0 Å². The molecule has 2 rings (SSSR count). The molecule has 0 amide bonds. The Kier molecular flexibility index (Phi) is 4.75. The van der Waals surface area contributed by atoms with E-state index in [1.54, 1.807) is 11.8 Å². The Balaban J connectivity index is 1.77. The first-order valence-electron chi connectivity index (χ1n) is 6.22. The Morgan fingerprint density at radius 3 is 2.72 bits per heavy atom. The minimum atomic E-state index is 0.316. The maximum absolute atomic E-state index is 4.05. The van der Waals surface area contributed by atoms with Gasteiger partial charge in [-0.2, -0.15) is 0 Å². The van der Waals surface area contributed by atoms with E-state index < -0.39 is 0 Å². The van der Waals surface area contributed by atoms with Crippen LogP contribution < -0.4 is 0 Å². The number of aryl methyl sites for hydroxylation is 1. The molecule has 0 aliphatic carbocycles. The Bertz CT molecular complexity index is 467. The van der Waals surface area contributed by atoms with Gasteiger partial charge in [0.25, 0.3) is 0 Å². The normalized spacial score (nSPS) is 11.1. The van der Waals surface area contributed by atoms with Gasteiger partial charge in [0.2, 0.25) is 5.16 Å². The number of nitrogens with zero attached hydrogens (tertiary/aromatic N) is 4. The van der Waals surface area contributed by atoms with Gasteiger partial charge in [0.15, 0.2) is 0 Å². The molecular formula is C13H18N4S. The highest BCUT2D eigenvalue weighted by molar-refractivity contribution is 7.99. The van der Waals surface area contributed by atoms with Crippen molar-refractivity contribution in [2.45, 2.75) is 37.9 Å². The van der Waals surface area contributed by atoms with Crippen LogP contribution in [0.3, 0.4) is 0 Å². The molecule has 0 atom stereocenters. The quantitative estimate of drug-likeness (QED) is 0.593. The largest absolute Gasteiger partial charge is 0.218 e. The van der Waals surface area contributed by atoms with Crippen LogP contribution >= 0.6 is 11.8 Å². The van der Waals surface area contributed by atoms with Crippen LogP contribution in [0.4, 0.5) is 0 Å².